The number of aryl methyl sites for hydroxylation is 1. The molecule has 1 amide bonds. The van der Waals surface area contributed by atoms with Crippen molar-refractivity contribution in [2.45, 2.75) is 38.3 Å². The van der Waals surface area contributed by atoms with Crippen LogP contribution in [0, 0.1) is 0 Å². The van der Waals surface area contributed by atoms with Gasteiger partial charge in [-0.3, -0.25) is 9.48 Å². The highest BCUT2D eigenvalue weighted by atomic mass is 16.1. The molecule has 0 aromatic carbocycles. The third-order valence-corrected chi connectivity index (χ3v) is 3.04. The lowest BCUT2D eigenvalue weighted by atomic mass is 10.1. The summed E-state index contributed by atoms with van der Waals surface area (Å²) in [7, 11) is 0. The summed E-state index contributed by atoms with van der Waals surface area (Å²) in [5.74, 6) is 0.173. The van der Waals surface area contributed by atoms with E-state index >= 15 is 0 Å². The minimum Gasteiger partial charge on any atom is -0.356 e. The van der Waals surface area contributed by atoms with Gasteiger partial charge in [-0.1, -0.05) is 0 Å². The molecule has 1 saturated heterocycles. The fraction of sp³-hybridized carbons (Fsp3) is 0.667. The Morgan fingerprint density at radius 2 is 2.53 bits per heavy atom. The van der Waals surface area contributed by atoms with Crippen LogP contribution in [0.3, 0.4) is 0 Å². The molecule has 1 aromatic heterocycles. The van der Waals surface area contributed by atoms with Crippen LogP contribution in [0.15, 0.2) is 18.5 Å². The van der Waals surface area contributed by atoms with E-state index in [0.29, 0.717) is 12.5 Å². The highest BCUT2D eigenvalue weighted by Crippen LogP contribution is 2.05. The number of nitrogens with one attached hydrogen (secondary N) is 2. The number of hydrogen-bond donors (Lipinski definition) is 2. The second-order valence-corrected chi connectivity index (χ2v) is 4.47. The molecular formula is C12H20N4O. The second-order valence-electron chi connectivity index (χ2n) is 4.47. The molecular weight excluding hydrogens is 216 g/mol. The number of amides is 1. The fourth-order valence-corrected chi connectivity index (χ4v) is 2.13. The zero-order valence-corrected chi connectivity index (χ0v) is 10.1. The lowest BCUT2D eigenvalue weighted by Gasteiger charge is -2.14. The Morgan fingerprint density at radius 1 is 1.59 bits per heavy atom. The van der Waals surface area contributed by atoms with Crippen LogP contribution in [-0.2, 0) is 11.3 Å². The van der Waals surface area contributed by atoms with E-state index in [9.17, 15) is 4.79 Å². The van der Waals surface area contributed by atoms with Gasteiger partial charge in [0.25, 0.3) is 0 Å². The van der Waals surface area contributed by atoms with Gasteiger partial charge in [-0.05, 0) is 31.9 Å². The minimum atomic E-state index is 0.173. The predicted molar refractivity (Wildman–Crippen MR) is 65.5 cm³/mol. The standard InChI is InChI=1S/C12H20N4O/c17-12-10-11(4-1-5-14-12)13-6-2-8-16-9-3-7-15-16/h3,7,9,11,13H,1-2,4-6,8,10H2,(H,14,17). The number of aromatic nitrogens is 2. The average Bonchev–Trinajstić information content (AvgIpc) is 2.74. The molecule has 94 valence electrons. The smallest absolute Gasteiger partial charge is 0.221 e. The van der Waals surface area contributed by atoms with Gasteiger partial charge in [0.2, 0.25) is 5.91 Å². The van der Waals surface area contributed by atoms with E-state index in [0.717, 1.165) is 38.9 Å². The van der Waals surface area contributed by atoms with Crippen molar-refractivity contribution < 1.29 is 4.79 Å². The molecule has 1 atom stereocenters. The first-order chi connectivity index (χ1) is 8.34. The number of nitrogens with zero attached hydrogens (tertiary/aromatic N) is 2. The van der Waals surface area contributed by atoms with Gasteiger partial charge in [-0.25, -0.2) is 0 Å². The monoisotopic (exact) mass is 236 g/mol. The highest BCUT2D eigenvalue weighted by molar-refractivity contribution is 5.76. The van der Waals surface area contributed by atoms with Gasteiger partial charge in [0.05, 0.1) is 0 Å². The molecule has 17 heavy (non-hydrogen) atoms. The van der Waals surface area contributed by atoms with Gasteiger partial charge in [0, 0.05) is 37.9 Å². The first kappa shape index (κ1) is 12.1. The molecule has 2 N–H and O–H groups in total. The molecule has 0 saturated carbocycles. The average molecular weight is 236 g/mol. The van der Waals surface area contributed by atoms with Crippen LogP contribution >= 0.6 is 0 Å². The van der Waals surface area contributed by atoms with E-state index in [2.05, 4.69) is 15.7 Å². The number of carbonyl (C=O) groups is 1. The Kier molecular flexibility index (Phi) is 4.55. The van der Waals surface area contributed by atoms with E-state index in [1.807, 2.05) is 16.9 Å². The summed E-state index contributed by atoms with van der Waals surface area (Å²) in [6, 6.07) is 2.28. The Hall–Kier alpha value is -1.36. The van der Waals surface area contributed by atoms with Gasteiger partial charge < -0.3 is 10.6 Å². The maximum absolute atomic E-state index is 11.3. The van der Waals surface area contributed by atoms with E-state index in [1.54, 1.807) is 6.20 Å². The zero-order valence-electron chi connectivity index (χ0n) is 10.1. The van der Waals surface area contributed by atoms with Crippen molar-refractivity contribution in [3.05, 3.63) is 18.5 Å². The number of rotatable bonds is 5. The zero-order chi connectivity index (χ0) is 11.9. The lowest BCUT2D eigenvalue weighted by Crippen LogP contribution is -2.33. The number of carbonyl (C=O) groups excluding carboxylic acids is 1. The molecule has 1 aliphatic heterocycles. The van der Waals surface area contributed by atoms with E-state index < -0.39 is 0 Å². The molecule has 1 fully saturated rings. The van der Waals surface area contributed by atoms with Crippen LogP contribution in [-0.4, -0.2) is 34.8 Å². The van der Waals surface area contributed by atoms with Crippen LogP contribution in [0.5, 0.6) is 0 Å². The maximum atomic E-state index is 11.3. The predicted octanol–water partition coefficient (Wildman–Crippen LogP) is 0.531. The molecule has 2 rings (SSSR count). The molecule has 0 spiro atoms. The molecule has 0 radical (unpaired) electrons. The maximum Gasteiger partial charge on any atom is 0.221 e. The van der Waals surface area contributed by atoms with Crippen molar-refractivity contribution in [3.8, 4) is 0 Å². The third kappa shape index (κ3) is 4.19. The van der Waals surface area contributed by atoms with Crippen LogP contribution in [0.2, 0.25) is 0 Å². The van der Waals surface area contributed by atoms with Crippen LogP contribution in [0.4, 0.5) is 0 Å². The molecule has 1 aromatic rings. The molecule has 2 heterocycles. The van der Waals surface area contributed by atoms with Crippen LogP contribution in [0.25, 0.3) is 0 Å². The minimum absolute atomic E-state index is 0.173. The second kappa shape index (κ2) is 6.39. The van der Waals surface area contributed by atoms with Crippen molar-refractivity contribution in [3.63, 3.8) is 0 Å². The first-order valence-corrected chi connectivity index (χ1v) is 6.32. The van der Waals surface area contributed by atoms with Gasteiger partial charge in [-0.15, -0.1) is 0 Å². The highest BCUT2D eigenvalue weighted by Gasteiger charge is 2.15. The molecule has 1 aliphatic rings. The van der Waals surface area contributed by atoms with E-state index in [1.165, 1.54) is 0 Å². The van der Waals surface area contributed by atoms with Gasteiger partial charge >= 0.3 is 0 Å². The van der Waals surface area contributed by atoms with Crippen molar-refractivity contribution in [2.24, 2.45) is 0 Å². The van der Waals surface area contributed by atoms with Gasteiger partial charge in [0.1, 0.15) is 0 Å². The third-order valence-electron chi connectivity index (χ3n) is 3.04. The molecule has 5 nitrogen and oxygen atoms in total. The first-order valence-electron chi connectivity index (χ1n) is 6.32. The summed E-state index contributed by atoms with van der Waals surface area (Å²) in [4.78, 5) is 11.3. The fourth-order valence-electron chi connectivity index (χ4n) is 2.13. The Morgan fingerprint density at radius 3 is 3.35 bits per heavy atom. The summed E-state index contributed by atoms with van der Waals surface area (Å²) in [5.41, 5.74) is 0. The summed E-state index contributed by atoms with van der Waals surface area (Å²) in [6.07, 6.45) is 7.58. The largest absolute Gasteiger partial charge is 0.356 e. The quantitative estimate of drug-likeness (QED) is 0.733. The molecule has 1 unspecified atom stereocenters. The Labute approximate surface area is 102 Å². The van der Waals surface area contributed by atoms with Crippen molar-refractivity contribution in [1.82, 2.24) is 20.4 Å². The summed E-state index contributed by atoms with van der Waals surface area (Å²) < 4.78 is 1.93. The normalized spacial score (nSPS) is 20.9. The summed E-state index contributed by atoms with van der Waals surface area (Å²) in [5, 5.41) is 10.5. The molecule has 0 aliphatic carbocycles. The van der Waals surface area contributed by atoms with E-state index in [-0.39, 0.29) is 5.91 Å². The molecule has 5 heteroatoms. The lowest BCUT2D eigenvalue weighted by molar-refractivity contribution is -0.121. The summed E-state index contributed by atoms with van der Waals surface area (Å²) in [6.45, 7) is 2.70. The van der Waals surface area contributed by atoms with Crippen molar-refractivity contribution in [2.75, 3.05) is 13.1 Å². The van der Waals surface area contributed by atoms with Crippen LogP contribution in [0.1, 0.15) is 25.7 Å². The Bertz CT molecular complexity index is 336. The Balaban J connectivity index is 1.62. The van der Waals surface area contributed by atoms with Crippen LogP contribution < -0.4 is 10.6 Å². The number of hydrogen-bond acceptors (Lipinski definition) is 3. The van der Waals surface area contributed by atoms with Crippen molar-refractivity contribution >= 4 is 5.91 Å². The van der Waals surface area contributed by atoms with Gasteiger partial charge in [-0.2, -0.15) is 5.10 Å². The van der Waals surface area contributed by atoms with Crippen molar-refractivity contribution in [1.29, 1.82) is 0 Å². The SMILES string of the molecule is O=C1CC(NCCCn2cccn2)CCCN1. The molecule has 0 bridgehead atoms. The summed E-state index contributed by atoms with van der Waals surface area (Å²) >= 11 is 0. The van der Waals surface area contributed by atoms with E-state index in [4.69, 9.17) is 0 Å². The topological polar surface area (TPSA) is 59.0 Å². The van der Waals surface area contributed by atoms with Gasteiger partial charge in [0.15, 0.2) is 0 Å².